The van der Waals surface area contributed by atoms with Crippen molar-refractivity contribution in [3.63, 3.8) is 0 Å². The molecule has 1 N–H and O–H groups in total. The number of carbonyl (C=O) groups is 2. The molecule has 0 aliphatic rings. The van der Waals surface area contributed by atoms with Gasteiger partial charge in [-0.15, -0.1) is 0 Å². The van der Waals surface area contributed by atoms with Crippen LogP contribution >= 0.6 is 0 Å². The molecule has 0 amide bonds. The highest BCUT2D eigenvalue weighted by Gasteiger charge is 2.28. The number of nitrogens with one attached hydrogen (secondary N) is 1. The molecule has 0 unspecified atom stereocenters. The lowest BCUT2D eigenvalue weighted by Crippen LogP contribution is -2.20. The fraction of sp³-hybridized carbons (Fsp3) is 0.214. The number of hydrogen-bond donors (Lipinski definition) is 1. The van der Waals surface area contributed by atoms with E-state index in [9.17, 15) is 9.59 Å². The number of fused-ring (bicyclic) bond motifs is 1. The molecule has 1 atom stereocenters. The number of ketones is 1. The molecule has 35 heavy (non-hydrogen) atoms. The number of carbonyl (C=O) groups excluding carboxylic acids is 2. The summed E-state index contributed by atoms with van der Waals surface area (Å²) in [6.45, 7) is 0. The third-order valence-corrected chi connectivity index (χ3v) is 5.79. The zero-order valence-corrected chi connectivity index (χ0v) is 19.9. The topological polar surface area (TPSA) is 86.9 Å². The number of aromatic nitrogens is 1. The van der Waals surface area contributed by atoms with Crippen LogP contribution < -0.4 is 14.2 Å². The summed E-state index contributed by atoms with van der Waals surface area (Å²) in [5.41, 5.74) is 2.75. The molecule has 0 radical (unpaired) electrons. The number of methoxy groups -OCH3 is 3. The SMILES string of the molecule is COc1cc(CCC(=O)O[C@H](C(=O)c2c[nH]c3ccccc23)c2ccccc2)cc(OC)c1OC. The molecule has 7 nitrogen and oxygen atoms in total. The second kappa shape index (κ2) is 10.8. The van der Waals surface area contributed by atoms with Crippen molar-refractivity contribution in [3.8, 4) is 17.2 Å². The standard InChI is InChI=1S/C28H27NO6/c1-32-23-15-18(16-24(33-2)28(23)34-3)13-14-25(30)35-27(19-9-5-4-6-10-19)26(31)21-17-29-22-12-8-7-11-20(21)22/h4-12,15-17,27,29H,13-14H2,1-3H3/t27-/m0/s1. The lowest BCUT2D eigenvalue weighted by molar-refractivity contribution is -0.147. The number of para-hydroxylation sites is 1. The van der Waals surface area contributed by atoms with Gasteiger partial charge in [-0.2, -0.15) is 0 Å². The van der Waals surface area contributed by atoms with Crippen LogP contribution in [0.3, 0.4) is 0 Å². The average Bonchev–Trinajstić information content (AvgIpc) is 3.34. The first-order chi connectivity index (χ1) is 17.0. The van der Waals surface area contributed by atoms with Crippen LogP contribution in [0.15, 0.2) is 72.9 Å². The smallest absolute Gasteiger partial charge is 0.307 e. The number of hydrogen-bond acceptors (Lipinski definition) is 6. The molecule has 0 saturated heterocycles. The van der Waals surface area contributed by atoms with Crippen molar-refractivity contribution < 1.29 is 28.5 Å². The molecule has 3 aromatic carbocycles. The van der Waals surface area contributed by atoms with Crippen molar-refractivity contribution in [3.05, 3.63) is 89.6 Å². The Morgan fingerprint density at radius 1 is 0.857 bits per heavy atom. The quantitative estimate of drug-likeness (QED) is 0.249. The third-order valence-electron chi connectivity index (χ3n) is 5.79. The van der Waals surface area contributed by atoms with Crippen LogP contribution in [0.25, 0.3) is 10.9 Å². The summed E-state index contributed by atoms with van der Waals surface area (Å²) in [5.74, 6) is 0.726. The van der Waals surface area contributed by atoms with Gasteiger partial charge >= 0.3 is 5.97 Å². The van der Waals surface area contributed by atoms with Gasteiger partial charge in [-0.05, 0) is 30.2 Å². The van der Waals surface area contributed by atoms with Crippen molar-refractivity contribution in [1.82, 2.24) is 4.98 Å². The van der Waals surface area contributed by atoms with Gasteiger partial charge in [0.25, 0.3) is 0 Å². The maximum Gasteiger partial charge on any atom is 0.307 e. The number of ether oxygens (including phenoxy) is 4. The fourth-order valence-corrected chi connectivity index (χ4v) is 4.03. The van der Waals surface area contributed by atoms with Gasteiger partial charge in [0.15, 0.2) is 17.6 Å². The van der Waals surface area contributed by atoms with E-state index in [1.807, 2.05) is 42.5 Å². The Hall–Kier alpha value is -4.26. The molecule has 4 rings (SSSR count). The maximum atomic E-state index is 13.5. The highest BCUT2D eigenvalue weighted by atomic mass is 16.5. The Labute approximate surface area is 203 Å². The van der Waals surface area contributed by atoms with Gasteiger partial charge in [0.1, 0.15) is 0 Å². The van der Waals surface area contributed by atoms with E-state index in [0.717, 1.165) is 16.5 Å². The van der Waals surface area contributed by atoms with E-state index in [1.54, 1.807) is 30.5 Å². The largest absolute Gasteiger partial charge is 0.493 e. The van der Waals surface area contributed by atoms with Crippen molar-refractivity contribution in [2.45, 2.75) is 18.9 Å². The molecule has 0 bridgehead atoms. The van der Waals surface area contributed by atoms with Gasteiger partial charge in [-0.3, -0.25) is 9.59 Å². The maximum absolute atomic E-state index is 13.5. The number of H-pyrrole nitrogens is 1. The van der Waals surface area contributed by atoms with Crippen LogP contribution in [0, 0.1) is 0 Å². The summed E-state index contributed by atoms with van der Waals surface area (Å²) in [5, 5.41) is 0.784. The highest BCUT2D eigenvalue weighted by molar-refractivity contribution is 6.10. The average molecular weight is 474 g/mol. The van der Waals surface area contributed by atoms with Crippen LogP contribution in [0.2, 0.25) is 0 Å². The van der Waals surface area contributed by atoms with Gasteiger partial charge in [-0.25, -0.2) is 0 Å². The Kier molecular flexibility index (Phi) is 7.35. The van der Waals surface area contributed by atoms with E-state index in [-0.39, 0.29) is 12.2 Å². The van der Waals surface area contributed by atoms with Crippen molar-refractivity contribution >= 4 is 22.7 Å². The normalized spacial score (nSPS) is 11.6. The van der Waals surface area contributed by atoms with Gasteiger partial charge < -0.3 is 23.9 Å². The van der Waals surface area contributed by atoms with E-state index >= 15 is 0 Å². The van der Waals surface area contributed by atoms with Crippen LogP contribution in [0.5, 0.6) is 17.2 Å². The number of rotatable bonds is 10. The second-order valence-electron chi connectivity index (χ2n) is 7.93. The highest BCUT2D eigenvalue weighted by Crippen LogP contribution is 2.38. The zero-order valence-electron chi connectivity index (χ0n) is 19.9. The molecular weight excluding hydrogens is 446 g/mol. The van der Waals surface area contributed by atoms with Crippen molar-refractivity contribution in [2.24, 2.45) is 0 Å². The molecule has 180 valence electrons. The number of aromatic amines is 1. The van der Waals surface area contributed by atoms with E-state index in [2.05, 4.69) is 4.98 Å². The zero-order chi connectivity index (χ0) is 24.8. The minimum Gasteiger partial charge on any atom is -0.493 e. The van der Waals surface area contributed by atoms with Crippen LogP contribution in [-0.2, 0) is 16.0 Å². The number of esters is 1. The summed E-state index contributed by atoms with van der Waals surface area (Å²) < 4.78 is 21.9. The molecule has 0 aliphatic heterocycles. The molecule has 4 aromatic rings. The molecule has 1 aromatic heterocycles. The Balaban J connectivity index is 1.54. The van der Waals surface area contributed by atoms with E-state index < -0.39 is 12.1 Å². The first kappa shape index (κ1) is 23.9. The number of aryl methyl sites for hydroxylation is 1. The van der Waals surface area contributed by atoms with Gasteiger partial charge in [0.05, 0.1) is 21.3 Å². The van der Waals surface area contributed by atoms with Crippen molar-refractivity contribution in [1.29, 1.82) is 0 Å². The van der Waals surface area contributed by atoms with Crippen molar-refractivity contribution in [2.75, 3.05) is 21.3 Å². The Bertz CT molecular complexity index is 1300. The predicted molar refractivity (Wildman–Crippen MR) is 132 cm³/mol. The first-order valence-electron chi connectivity index (χ1n) is 11.2. The van der Waals surface area contributed by atoms with E-state index in [1.165, 1.54) is 21.3 Å². The minimum absolute atomic E-state index is 0.0726. The summed E-state index contributed by atoms with van der Waals surface area (Å²) >= 11 is 0. The third kappa shape index (κ3) is 5.14. The monoisotopic (exact) mass is 473 g/mol. The molecular formula is C28H27NO6. The lowest BCUT2D eigenvalue weighted by atomic mass is 9.99. The lowest BCUT2D eigenvalue weighted by Gasteiger charge is -2.18. The molecule has 1 heterocycles. The van der Waals surface area contributed by atoms with Crippen LogP contribution in [-0.4, -0.2) is 38.1 Å². The Morgan fingerprint density at radius 3 is 2.17 bits per heavy atom. The van der Waals surface area contributed by atoms with Crippen LogP contribution in [0.4, 0.5) is 0 Å². The molecule has 0 spiro atoms. The van der Waals surface area contributed by atoms with Gasteiger partial charge in [0.2, 0.25) is 11.5 Å². The van der Waals surface area contributed by atoms with E-state index in [4.69, 9.17) is 18.9 Å². The molecule has 7 heteroatoms. The summed E-state index contributed by atoms with van der Waals surface area (Å²) in [4.78, 5) is 29.5. The summed E-state index contributed by atoms with van der Waals surface area (Å²) in [6, 6.07) is 20.2. The Morgan fingerprint density at radius 2 is 1.51 bits per heavy atom. The molecule has 0 fully saturated rings. The van der Waals surface area contributed by atoms with Crippen LogP contribution in [0.1, 0.15) is 34.0 Å². The first-order valence-corrected chi connectivity index (χ1v) is 11.2. The van der Waals surface area contributed by atoms with E-state index in [0.29, 0.717) is 34.8 Å². The second-order valence-corrected chi connectivity index (χ2v) is 7.93. The summed E-state index contributed by atoms with van der Waals surface area (Å²) in [7, 11) is 4.61. The van der Waals surface area contributed by atoms with Gasteiger partial charge in [-0.1, -0.05) is 48.5 Å². The number of Topliss-reactive ketones (excluding diaryl/α,β-unsaturated/α-hetero) is 1. The molecule has 0 aliphatic carbocycles. The molecule has 0 saturated carbocycles. The minimum atomic E-state index is -1.05. The number of benzene rings is 3. The predicted octanol–water partition coefficient (Wildman–Crippen LogP) is 5.29. The fourth-order valence-electron chi connectivity index (χ4n) is 4.03. The summed E-state index contributed by atoms with van der Waals surface area (Å²) in [6.07, 6.45) is 1.05. The van der Waals surface area contributed by atoms with Gasteiger partial charge in [0, 0.05) is 34.6 Å².